The van der Waals surface area contributed by atoms with Crippen LogP contribution >= 0.6 is 0 Å². The molecule has 1 aromatic carbocycles. The van der Waals surface area contributed by atoms with Gasteiger partial charge in [-0.15, -0.1) is 0 Å². The third kappa shape index (κ3) is 4.30. The molecule has 28 heavy (non-hydrogen) atoms. The van der Waals surface area contributed by atoms with Crippen molar-refractivity contribution >= 4 is 5.91 Å². The van der Waals surface area contributed by atoms with Crippen LogP contribution in [0.4, 0.5) is 0 Å². The molecule has 1 aliphatic heterocycles. The number of aromatic nitrogens is 2. The first kappa shape index (κ1) is 18.8. The molecule has 1 N–H and O–H groups in total. The molecule has 1 aromatic heterocycles. The van der Waals surface area contributed by atoms with E-state index in [0.717, 1.165) is 37.0 Å². The van der Waals surface area contributed by atoms with Gasteiger partial charge >= 0.3 is 0 Å². The second-order valence-corrected chi connectivity index (χ2v) is 7.55. The molecule has 1 aliphatic carbocycles. The molecule has 0 radical (unpaired) electrons. The average molecular weight is 385 g/mol. The first-order chi connectivity index (χ1) is 13.6. The van der Waals surface area contributed by atoms with Gasteiger partial charge in [-0.2, -0.15) is 5.10 Å². The Balaban J connectivity index is 1.29. The molecule has 7 heteroatoms. The highest BCUT2D eigenvalue weighted by Crippen LogP contribution is 2.47. The minimum atomic E-state index is 0.0418. The molecule has 2 heterocycles. The van der Waals surface area contributed by atoms with E-state index in [1.807, 2.05) is 37.6 Å². The van der Waals surface area contributed by atoms with E-state index in [9.17, 15) is 4.79 Å². The summed E-state index contributed by atoms with van der Waals surface area (Å²) in [6.45, 7) is 1.81. The molecular weight excluding hydrogens is 358 g/mol. The quantitative estimate of drug-likeness (QED) is 0.755. The van der Waals surface area contributed by atoms with Crippen molar-refractivity contribution in [2.24, 2.45) is 13.0 Å². The molecule has 1 amide bonds. The summed E-state index contributed by atoms with van der Waals surface area (Å²) in [5, 5.41) is 7.22. The number of methoxy groups -OCH3 is 1. The van der Waals surface area contributed by atoms with Gasteiger partial charge in [-0.3, -0.25) is 9.48 Å². The van der Waals surface area contributed by atoms with Crippen LogP contribution < -0.4 is 14.8 Å². The highest BCUT2D eigenvalue weighted by molar-refractivity contribution is 5.82. The number of hydrogen-bond donors (Lipinski definition) is 1. The summed E-state index contributed by atoms with van der Waals surface area (Å²) in [5.41, 5.74) is 2.12. The van der Waals surface area contributed by atoms with Crippen LogP contribution in [-0.4, -0.2) is 42.1 Å². The Morgan fingerprint density at radius 1 is 1.39 bits per heavy atom. The van der Waals surface area contributed by atoms with Crippen molar-refractivity contribution in [2.45, 2.75) is 37.8 Å². The second kappa shape index (κ2) is 8.22. The zero-order chi connectivity index (χ0) is 19.5. The van der Waals surface area contributed by atoms with Crippen molar-refractivity contribution in [3.05, 3.63) is 41.7 Å². The summed E-state index contributed by atoms with van der Waals surface area (Å²) in [4.78, 5) is 12.4. The number of nitrogens with zero attached hydrogens (tertiary/aromatic N) is 2. The highest BCUT2D eigenvalue weighted by atomic mass is 16.5. The molecule has 0 bridgehead atoms. The highest BCUT2D eigenvalue weighted by Gasteiger charge is 2.44. The number of hydrogen-bond acceptors (Lipinski definition) is 5. The lowest BCUT2D eigenvalue weighted by Gasteiger charge is -2.15. The largest absolute Gasteiger partial charge is 0.493 e. The second-order valence-electron chi connectivity index (χ2n) is 7.55. The molecule has 7 nitrogen and oxygen atoms in total. The fourth-order valence-corrected chi connectivity index (χ4v) is 3.70. The van der Waals surface area contributed by atoms with Crippen molar-refractivity contribution in [1.82, 2.24) is 15.1 Å². The van der Waals surface area contributed by atoms with Crippen molar-refractivity contribution in [3.8, 4) is 11.5 Å². The fraction of sp³-hybridized carbons (Fsp3) is 0.524. The predicted molar refractivity (Wildman–Crippen MR) is 103 cm³/mol. The van der Waals surface area contributed by atoms with Crippen LogP contribution in [0.1, 0.15) is 36.3 Å². The summed E-state index contributed by atoms with van der Waals surface area (Å²) in [6, 6.07) is 5.76. The number of aryl methyl sites for hydroxylation is 1. The van der Waals surface area contributed by atoms with Gasteiger partial charge < -0.3 is 19.5 Å². The minimum Gasteiger partial charge on any atom is -0.493 e. The van der Waals surface area contributed by atoms with E-state index in [4.69, 9.17) is 14.2 Å². The third-order valence-electron chi connectivity index (χ3n) is 5.42. The number of amides is 1. The number of nitrogens with one attached hydrogen (secondary N) is 1. The summed E-state index contributed by atoms with van der Waals surface area (Å²) in [5.74, 6) is 1.79. The van der Waals surface area contributed by atoms with Gasteiger partial charge in [0.05, 0.1) is 19.4 Å². The van der Waals surface area contributed by atoms with Crippen LogP contribution in [0.2, 0.25) is 0 Å². The molecule has 3 atom stereocenters. The van der Waals surface area contributed by atoms with E-state index in [1.165, 1.54) is 0 Å². The zero-order valence-electron chi connectivity index (χ0n) is 16.4. The topological polar surface area (TPSA) is 74.6 Å². The summed E-state index contributed by atoms with van der Waals surface area (Å²) in [7, 11) is 3.52. The van der Waals surface area contributed by atoms with Gasteiger partial charge in [0.1, 0.15) is 6.61 Å². The van der Waals surface area contributed by atoms with Gasteiger partial charge in [-0.25, -0.2) is 0 Å². The predicted octanol–water partition coefficient (Wildman–Crippen LogP) is 2.41. The molecule has 2 fully saturated rings. The van der Waals surface area contributed by atoms with E-state index in [2.05, 4.69) is 10.4 Å². The summed E-state index contributed by atoms with van der Waals surface area (Å²) in [6.07, 6.45) is 7.00. The molecule has 3 unspecified atom stereocenters. The van der Waals surface area contributed by atoms with Crippen molar-refractivity contribution < 1.29 is 19.0 Å². The summed E-state index contributed by atoms with van der Waals surface area (Å²) >= 11 is 0. The average Bonchev–Trinajstić information content (AvgIpc) is 3.10. The lowest BCUT2D eigenvalue weighted by molar-refractivity contribution is -0.122. The maximum absolute atomic E-state index is 12.4. The summed E-state index contributed by atoms with van der Waals surface area (Å²) < 4.78 is 18.7. The van der Waals surface area contributed by atoms with Crippen LogP contribution in [-0.2, 0) is 23.1 Å². The standard InChI is InChI=1S/C21H27N3O4/c1-24-12-15(11-23-24)17-9-18(17)21(25)22-10-14-5-6-19(20(8-14)26-2)28-13-16-4-3-7-27-16/h5-6,8,11-12,16-18H,3-4,7,9-10,13H2,1-2H3,(H,22,25). The van der Waals surface area contributed by atoms with Crippen LogP contribution in [0.3, 0.4) is 0 Å². The SMILES string of the molecule is COc1cc(CNC(=O)C2CC2c2cnn(C)c2)ccc1OCC1CCCO1. The number of ether oxygens (including phenoxy) is 3. The molecule has 4 rings (SSSR count). The van der Waals surface area contributed by atoms with Gasteiger partial charge in [0.15, 0.2) is 11.5 Å². The van der Waals surface area contributed by atoms with Crippen LogP contribution in [0.5, 0.6) is 11.5 Å². The minimum absolute atomic E-state index is 0.0418. The Morgan fingerprint density at radius 3 is 3.00 bits per heavy atom. The van der Waals surface area contributed by atoms with Crippen LogP contribution in [0.25, 0.3) is 0 Å². The Kier molecular flexibility index (Phi) is 5.52. The number of carbonyl (C=O) groups excluding carboxylic acids is 1. The Morgan fingerprint density at radius 2 is 2.29 bits per heavy atom. The molecule has 0 spiro atoms. The maximum atomic E-state index is 12.4. The van der Waals surface area contributed by atoms with Gasteiger partial charge in [-0.1, -0.05) is 6.07 Å². The number of rotatable bonds is 8. The molecule has 150 valence electrons. The molecular formula is C21H27N3O4. The van der Waals surface area contributed by atoms with Gasteiger partial charge in [0, 0.05) is 32.3 Å². The van der Waals surface area contributed by atoms with Gasteiger partial charge in [0.2, 0.25) is 5.91 Å². The van der Waals surface area contributed by atoms with Gasteiger partial charge in [0.25, 0.3) is 0 Å². The van der Waals surface area contributed by atoms with E-state index >= 15 is 0 Å². The van der Waals surface area contributed by atoms with Gasteiger partial charge in [-0.05, 0) is 48.4 Å². The first-order valence-electron chi connectivity index (χ1n) is 9.81. The molecule has 2 aromatic rings. The number of carbonyl (C=O) groups is 1. The Hall–Kier alpha value is -2.54. The molecule has 2 aliphatic rings. The number of benzene rings is 1. The lowest BCUT2D eigenvalue weighted by Crippen LogP contribution is -2.24. The normalized spacial score (nSPS) is 23.4. The Labute approximate surface area is 165 Å². The van der Waals surface area contributed by atoms with Crippen LogP contribution in [0.15, 0.2) is 30.6 Å². The van der Waals surface area contributed by atoms with Crippen molar-refractivity contribution in [2.75, 3.05) is 20.3 Å². The van der Waals surface area contributed by atoms with Crippen LogP contribution in [0, 0.1) is 5.92 Å². The van der Waals surface area contributed by atoms with E-state index in [-0.39, 0.29) is 23.8 Å². The monoisotopic (exact) mass is 385 g/mol. The van der Waals surface area contributed by atoms with Crippen molar-refractivity contribution in [3.63, 3.8) is 0 Å². The lowest BCUT2D eigenvalue weighted by atomic mass is 10.1. The smallest absolute Gasteiger partial charge is 0.224 e. The fourth-order valence-electron chi connectivity index (χ4n) is 3.70. The van der Waals surface area contributed by atoms with E-state index in [0.29, 0.717) is 24.7 Å². The third-order valence-corrected chi connectivity index (χ3v) is 5.42. The molecule has 1 saturated carbocycles. The van der Waals surface area contributed by atoms with E-state index in [1.54, 1.807) is 11.8 Å². The Bertz CT molecular complexity index is 829. The maximum Gasteiger partial charge on any atom is 0.224 e. The molecule has 1 saturated heterocycles. The van der Waals surface area contributed by atoms with Crippen molar-refractivity contribution in [1.29, 1.82) is 0 Å². The first-order valence-corrected chi connectivity index (χ1v) is 9.81. The van der Waals surface area contributed by atoms with E-state index < -0.39 is 0 Å². The zero-order valence-corrected chi connectivity index (χ0v) is 16.4.